The van der Waals surface area contributed by atoms with Gasteiger partial charge in [0.15, 0.2) is 6.61 Å². The van der Waals surface area contributed by atoms with Crippen LogP contribution >= 0.6 is 0 Å². The molecule has 0 aliphatic heterocycles. The summed E-state index contributed by atoms with van der Waals surface area (Å²) in [5.41, 5.74) is 0.178. The zero-order valence-electron chi connectivity index (χ0n) is 21.9. The fraction of sp³-hybridized carbons (Fsp3) is 0.931. The molecule has 0 aromatic carbocycles. The van der Waals surface area contributed by atoms with Gasteiger partial charge in [0.1, 0.15) is 6.10 Å². The van der Waals surface area contributed by atoms with E-state index in [0.29, 0.717) is 17.3 Å². The number of carbonyl (C=O) groups excluding carboxylic acids is 2. The molecule has 6 unspecified atom stereocenters. The first-order valence-electron chi connectivity index (χ1n) is 14.0. The number of ether oxygens (including phenoxy) is 2. The predicted molar refractivity (Wildman–Crippen MR) is 130 cm³/mol. The van der Waals surface area contributed by atoms with Crippen LogP contribution in [0.4, 0.5) is 0 Å². The molecule has 0 radical (unpaired) electrons. The van der Waals surface area contributed by atoms with Crippen LogP contribution in [-0.4, -0.2) is 24.6 Å². The van der Waals surface area contributed by atoms with Crippen molar-refractivity contribution in [1.29, 1.82) is 0 Å². The molecule has 6 atom stereocenters. The van der Waals surface area contributed by atoms with Gasteiger partial charge in [-0.05, 0) is 112 Å². The van der Waals surface area contributed by atoms with E-state index in [0.717, 1.165) is 56.8 Å². The minimum atomic E-state index is -0.484. The normalized spacial score (nSPS) is 41.7. The Labute approximate surface area is 201 Å². The lowest BCUT2D eigenvalue weighted by atomic mass is 9.42. The summed E-state index contributed by atoms with van der Waals surface area (Å²) in [5, 5.41) is 0. The monoisotopic (exact) mass is 460 g/mol. The molecule has 4 rings (SSSR count). The van der Waals surface area contributed by atoms with Crippen molar-refractivity contribution < 1.29 is 19.1 Å². The van der Waals surface area contributed by atoms with Gasteiger partial charge in [0.2, 0.25) is 0 Å². The van der Waals surface area contributed by atoms with Crippen molar-refractivity contribution in [1.82, 2.24) is 0 Å². The molecule has 188 valence electrons. The largest absolute Gasteiger partial charge is 0.460 e. The van der Waals surface area contributed by atoms with Crippen LogP contribution in [0, 0.1) is 39.9 Å². The van der Waals surface area contributed by atoms with Gasteiger partial charge in [-0.2, -0.15) is 0 Å². The van der Waals surface area contributed by atoms with Crippen molar-refractivity contribution in [3.05, 3.63) is 0 Å². The van der Waals surface area contributed by atoms with Crippen molar-refractivity contribution >= 4 is 11.9 Å². The Morgan fingerprint density at radius 2 is 1.61 bits per heavy atom. The quantitative estimate of drug-likeness (QED) is 0.411. The number of carbonyl (C=O) groups is 2. The van der Waals surface area contributed by atoms with E-state index in [1.54, 1.807) is 0 Å². The minimum absolute atomic E-state index is 0.0108. The Morgan fingerprint density at radius 3 is 2.30 bits per heavy atom. The summed E-state index contributed by atoms with van der Waals surface area (Å²) in [4.78, 5) is 25.8. The fourth-order valence-corrected chi connectivity index (χ4v) is 8.58. The average molecular weight is 461 g/mol. The SMILES string of the molecule is CC(C)C1(C)CCC2C(CCC3C(C)(C(=O)OCC(=O)OC4CCCCC4)CCCC23C)C1. The highest BCUT2D eigenvalue weighted by Crippen LogP contribution is 2.66. The molecular weight excluding hydrogens is 412 g/mol. The van der Waals surface area contributed by atoms with Crippen LogP contribution in [0.5, 0.6) is 0 Å². The second-order valence-corrected chi connectivity index (χ2v) is 13.2. The van der Waals surface area contributed by atoms with Gasteiger partial charge in [-0.25, -0.2) is 4.79 Å². The summed E-state index contributed by atoms with van der Waals surface area (Å²) in [6.07, 6.45) is 14.8. The van der Waals surface area contributed by atoms with Crippen molar-refractivity contribution in [2.45, 2.75) is 124 Å². The van der Waals surface area contributed by atoms with Crippen molar-refractivity contribution in [3.8, 4) is 0 Å². The molecule has 0 bridgehead atoms. The zero-order chi connectivity index (χ0) is 23.9. The third kappa shape index (κ3) is 4.74. The smallest absolute Gasteiger partial charge is 0.344 e. The van der Waals surface area contributed by atoms with Gasteiger partial charge >= 0.3 is 11.9 Å². The molecule has 4 aliphatic rings. The molecular formula is C29H48O4. The number of fused-ring (bicyclic) bond motifs is 3. The van der Waals surface area contributed by atoms with Crippen molar-refractivity contribution in [2.24, 2.45) is 39.9 Å². The first-order valence-corrected chi connectivity index (χ1v) is 14.0. The molecule has 4 fully saturated rings. The number of esters is 2. The lowest BCUT2D eigenvalue weighted by Crippen LogP contribution is -2.57. The highest BCUT2D eigenvalue weighted by molar-refractivity contribution is 5.80. The molecule has 0 aromatic rings. The van der Waals surface area contributed by atoms with E-state index >= 15 is 0 Å². The molecule has 4 heteroatoms. The maximum absolute atomic E-state index is 13.4. The first kappa shape index (κ1) is 25.0. The van der Waals surface area contributed by atoms with Crippen molar-refractivity contribution in [2.75, 3.05) is 6.61 Å². The van der Waals surface area contributed by atoms with Crippen LogP contribution in [0.15, 0.2) is 0 Å². The van der Waals surface area contributed by atoms with Gasteiger partial charge in [-0.1, -0.05) is 40.5 Å². The van der Waals surface area contributed by atoms with Crippen LogP contribution in [-0.2, 0) is 19.1 Å². The molecule has 0 aromatic heterocycles. The Morgan fingerprint density at radius 1 is 0.879 bits per heavy atom. The van der Waals surface area contributed by atoms with Gasteiger partial charge in [-0.15, -0.1) is 0 Å². The van der Waals surface area contributed by atoms with Gasteiger partial charge in [0.05, 0.1) is 5.41 Å². The summed E-state index contributed by atoms with van der Waals surface area (Å²) in [5.74, 6) is 2.04. The highest BCUT2D eigenvalue weighted by atomic mass is 16.6. The van der Waals surface area contributed by atoms with E-state index in [-0.39, 0.29) is 30.1 Å². The van der Waals surface area contributed by atoms with Crippen LogP contribution < -0.4 is 0 Å². The van der Waals surface area contributed by atoms with E-state index in [2.05, 4.69) is 34.6 Å². The zero-order valence-corrected chi connectivity index (χ0v) is 21.9. The van der Waals surface area contributed by atoms with Gasteiger partial charge < -0.3 is 9.47 Å². The minimum Gasteiger partial charge on any atom is -0.460 e. The van der Waals surface area contributed by atoms with E-state index < -0.39 is 5.41 Å². The Hall–Kier alpha value is -1.06. The molecule has 0 heterocycles. The van der Waals surface area contributed by atoms with Gasteiger partial charge in [0, 0.05) is 0 Å². The fourth-order valence-electron chi connectivity index (χ4n) is 8.58. The Kier molecular flexibility index (Phi) is 7.23. The first-order chi connectivity index (χ1) is 15.6. The summed E-state index contributed by atoms with van der Waals surface area (Å²) in [7, 11) is 0. The number of hydrogen-bond donors (Lipinski definition) is 0. The van der Waals surface area contributed by atoms with Crippen LogP contribution in [0.1, 0.15) is 118 Å². The van der Waals surface area contributed by atoms with Gasteiger partial charge in [0.25, 0.3) is 0 Å². The maximum atomic E-state index is 13.4. The topological polar surface area (TPSA) is 52.6 Å². The lowest BCUT2D eigenvalue weighted by Gasteiger charge is -2.62. The second kappa shape index (κ2) is 9.53. The third-order valence-electron chi connectivity index (χ3n) is 11.0. The molecule has 4 saturated carbocycles. The van der Waals surface area contributed by atoms with E-state index in [9.17, 15) is 9.59 Å². The number of rotatable bonds is 5. The molecule has 0 amide bonds. The van der Waals surface area contributed by atoms with E-state index in [4.69, 9.17) is 9.47 Å². The molecule has 4 aliphatic carbocycles. The predicted octanol–water partition coefficient (Wildman–Crippen LogP) is 7.09. The molecule has 0 spiro atoms. The molecule has 33 heavy (non-hydrogen) atoms. The summed E-state index contributed by atoms with van der Waals surface area (Å²) in [6.45, 7) is 11.7. The van der Waals surface area contributed by atoms with Crippen molar-refractivity contribution in [3.63, 3.8) is 0 Å². The standard InChI is InChI=1S/C29H48O4/c1-20(2)27(3)17-14-23-21(18-27)12-13-24-28(23,4)15-9-16-29(24,5)26(31)32-19-25(30)33-22-10-7-6-8-11-22/h20-24H,6-19H2,1-5H3. The summed E-state index contributed by atoms with van der Waals surface area (Å²) >= 11 is 0. The lowest BCUT2D eigenvalue weighted by molar-refractivity contribution is -0.185. The Bertz CT molecular complexity index is 725. The van der Waals surface area contributed by atoms with Crippen LogP contribution in [0.2, 0.25) is 0 Å². The van der Waals surface area contributed by atoms with E-state index in [1.165, 1.54) is 38.5 Å². The highest BCUT2D eigenvalue weighted by Gasteiger charge is 2.60. The summed E-state index contributed by atoms with van der Waals surface area (Å²) < 4.78 is 11.3. The third-order valence-corrected chi connectivity index (χ3v) is 11.0. The van der Waals surface area contributed by atoms with Crippen LogP contribution in [0.25, 0.3) is 0 Å². The summed E-state index contributed by atoms with van der Waals surface area (Å²) in [6, 6.07) is 0. The molecule has 0 saturated heterocycles. The molecule has 4 nitrogen and oxygen atoms in total. The second-order valence-electron chi connectivity index (χ2n) is 13.2. The average Bonchev–Trinajstić information content (AvgIpc) is 2.77. The Balaban J connectivity index is 1.40. The number of hydrogen-bond acceptors (Lipinski definition) is 4. The van der Waals surface area contributed by atoms with E-state index in [1.807, 2.05) is 0 Å². The van der Waals surface area contributed by atoms with Crippen LogP contribution in [0.3, 0.4) is 0 Å². The molecule has 0 N–H and O–H groups in total. The maximum Gasteiger partial charge on any atom is 0.344 e. The van der Waals surface area contributed by atoms with Gasteiger partial charge in [-0.3, -0.25) is 4.79 Å².